The number of rotatable bonds is 4. The fourth-order valence-corrected chi connectivity index (χ4v) is 4.17. The molecule has 6 nitrogen and oxygen atoms in total. The summed E-state index contributed by atoms with van der Waals surface area (Å²) < 4.78 is 42.2. The van der Waals surface area contributed by atoms with Gasteiger partial charge in [0.2, 0.25) is 5.78 Å². The molecular formula is C22H16ClF3N2O4. The zero-order valence-electron chi connectivity index (χ0n) is 16.4. The molecule has 0 atom stereocenters. The summed E-state index contributed by atoms with van der Waals surface area (Å²) in [6.45, 7) is 0.383. The van der Waals surface area contributed by atoms with Crippen LogP contribution in [0.4, 0.5) is 13.2 Å². The third kappa shape index (κ3) is 3.73. The van der Waals surface area contributed by atoms with Crippen molar-refractivity contribution < 1.29 is 33.0 Å². The second-order valence-electron chi connectivity index (χ2n) is 7.37. The van der Waals surface area contributed by atoms with E-state index in [0.29, 0.717) is 36.3 Å². The fraction of sp³-hybridized carbons (Fsp3) is 0.227. The summed E-state index contributed by atoms with van der Waals surface area (Å²) in [6.07, 6.45) is -2.77. The minimum absolute atomic E-state index is 0.185. The van der Waals surface area contributed by atoms with Crippen LogP contribution in [0.5, 0.6) is 5.75 Å². The number of aromatic carboxylic acids is 1. The number of hydrogen-bond acceptors (Lipinski definition) is 4. The van der Waals surface area contributed by atoms with Gasteiger partial charge in [0.1, 0.15) is 11.3 Å². The number of ketones is 1. The second-order valence-corrected chi connectivity index (χ2v) is 7.77. The Morgan fingerprint density at radius 2 is 1.88 bits per heavy atom. The van der Waals surface area contributed by atoms with Gasteiger partial charge in [0.25, 0.3) is 0 Å². The molecule has 0 spiro atoms. The lowest BCUT2D eigenvalue weighted by Gasteiger charge is -2.18. The molecule has 0 bridgehead atoms. The molecular weight excluding hydrogens is 449 g/mol. The lowest BCUT2D eigenvalue weighted by Crippen LogP contribution is -2.20. The summed E-state index contributed by atoms with van der Waals surface area (Å²) in [5.74, 6) is -2.93. The van der Waals surface area contributed by atoms with Crippen LogP contribution in [0.2, 0.25) is 5.02 Å². The van der Waals surface area contributed by atoms with Crippen LogP contribution in [0.1, 0.15) is 50.6 Å². The molecule has 166 valence electrons. The average Bonchev–Trinajstić information content (AvgIpc) is 3.12. The van der Waals surface area contributed by atoms with E-state index in [0.717, 1.165) is 18.6 Å². The summed E-state index contributed by atoms with van der Waals surface area (Å²) in [5.41, 5.74) is -0.830. The van der Waals surface area contributed by atoms with Crippen molar-refractivity contribution in [1.82, 2.24) is 9.55 Å². The number of phenols is 1. The highest BCUT2D eigenvalue weighted by Gasteiger charge is 2.38. The van der Waals surface area contributed by atoms with Gasteiger partial charge in [-0.05, 0) is 43.5 Å². The number of benzene rings is 2. The minimum Gasteiger partial charge on any atom is -0.507 e. The lowest BCUT2D eigenvalue weighted by molar-refractivity contribution is -0.137. The molecule has 1 aromatic heterocycles. The Balaban J connectivity index is 1.88. The third-order valence-corrected chi connectivity index (χ3v) is 5.68. The summed E-state index contributed by atoms with van der Waals surface area (Å²) in [6, 6.07) is 6.99. The Labute approximate surface area is 184 Å². The van der Waals surface area contributed by atoms with E-state index >= 15 is 0 Å². The molecule has 0 aliphatic carbocycles. The number of carboxylic acid groups (broad SMARTS) is 1. The third-order valence-electron chi connectivity index (χ3n) is 5.37. The van der Waals surface area contributed by atoms with Crippen molar-refractivity contribution in [1.29, 1.82) is 0 Å². The van der Waals surface area contributed by atoms with Crippen molar-refractivity contribution in [3.05, 3.63) is 69.6 Å². The van der Waals surface area contributed by atoms with Gasteiger partial charge in [0.15, 0.2) is 5.82 Å². The molecule has 2 aromatic carbocycles. The molecule has 1 aliphatic rings. The molecule has 0 radical (unpaired) electrons. The highest BCUT2D eigenvalue weighted by molar-refractivity contribution is 6.35. The molecule has 4 rings (SSSR count). The number of aromatic nitrogens is 2. The molecule has 2 heterocycles. The molecule has 0 saturated heterocycles. The lowest BCUT2D eigenvalue weighted by atomic mass is 10.0. The highest BCUT2D eigenvalue weighted by atomic mass is 35.5. The number of halogens is 4. The zero-order chi connectivity index (χ0) is 23.2. The minimum atomic E-state index is -4.78. The quantitative estimate of drug-likeness (QED) is 0.518. The van der Waals surface area contributed by atoms with Crippen LogP contribution < -0.4 is 0 Å². The van der Waals surface area contributed by atoms with Crippen molar-refractivity contribution in [2.45, 2.75) is 32.0 Å². The Bertz CT molecular complexity index is 1250. The predicted molar refractivity (Wildman–Crippen MR) is 109 cm³/mol. The molecule has 0 amide bonds. The summed E-state index contributed by atoms with van der Waals surface area (Å²) in [5, 5.41) is 18.8. The first-order chi connectivity index (χ1) is 15.1. The van der Waals surface area contributed by atoms with Crippen LogP contribution in [-0.2, 0) is 19.1 Å². The molecule has 1 aliphatic heterocycles. The van der Waals surface area contributed by atoms with E-state index in [1.54, 1.807) is 4.57 Å². The Morgan fingerprint density at radius 3 is 2.53 bits per heavy atom. The zero-order valence-corrected chi connectivity index (χ0v) is 17.2. The van der Waals surface area contributed by atoms with E-state index in [-0.39, 0.29) is 16.4 Å². The Hall–Kier alpha value is -3.33. The van der Waals surface area contributed by atoms with E-state index in [2.05, 4.69) is 4.98 Å². The van der Waals surface area contributed by atoms with Crippen LogP contribution >= 0.6 is 11.6 Å². The van der Waals surface area contributed by atoms with Gasteiger partial charge >= 0.3 is 12.1 Å². The Kier molecular flexibility index (Phi) is 5.46. The fourth-order valence-electron chi connectivity index (χ4n) is 3.91. The molecule has 0 unspecified atom stereocenters. The maximum absolute atomic E-state index is 13.5. The van der Waals surface area contributed by atoms with E-state index in [1.807, 2.05) is 0 Å². The van der Waals surface area contributed by atoms with Crippen LogP contribution in [0, 0.1) is 0 Å². The number of fused-ring (bicyclic) bond motifs is 1. The van der Waals surface area contributed by atoms with Crippen LogP contribution in [0.15, 0.2) is 36.4 Å². The first kappa shape index (κ1) is 21.9. The first-order valence-electron chi connectivity index (χ1n) is 9.66. The summed E-state index contributed by atoms with van der Waals surface area (Å²) in [4.78, 5) is 28.8. The van der Waals surface area contributed by atoms with Gasteiger partial charge in [-0.15, -0.1) is 0 Å². The van der Waals surface area contributed by atoms with Crippen LogP contribution in [0.25, 0.3) is 11.3 Å². The summed E-state index contributed by atoms with van der Waals surface area (Å²) in [7, 11) is 0. The maximum atomic E-state index is 13.5. The topological polar surface area (TPSA) is 92.4 Å². The Morgan fingerprint density at radius 1 is 1.12 bits per heavy atom. The van der Waals surface area contributed by atoms with Gasteiger partial charge in [-0.25, -0.2) is 9.78 Å². The number of carbonyl (C=O) groups excluding carboxylic acids is 1. The first-order valence-corrected chi connectivity index (χ1v) is 10.0. The number of carboxylic acids is 1. The van der Waals surface area contributed by atoms with Gasteiger partial charge in [-0.1, -0.05) is 23.7 Å². The number of nitrogens with zero attached hydrogens (tertiary/aromatic N) is 2. The van der Waals surface area contributed by atoms with E-state index in [9.17, 15) is 27.9 Å². The normalized spacial score (nSPS) is 13.6. The standard InChI is InChI=1S/C22H16ClF3N2O4/c23-14-5-3-4-13(22(24,25)26)17(14)19(30)20-27-18(15-6-1-2-9-28(15)20)11-7-8-12(21(31)32)16(29)10-11/h3-5,7-8,10,29H,1-2,6,9H2,(H,31,32). The molecule has 3 aromatic rings. The number of carbonyl (C=O) groups is 2. The smallest absolute Gasteiger partial charge is 0.417 e. The molecule has 32 heavy (non-hydrogen) atoms. The van der Waals surface area contributed by atoms with Gasteiger partial charge in [-0.3, -0.25) is 4.79 Å². The van der Waals surface area contributed by atoms with E-state index < -0.39 is 34.8 Å². The average molecular weight is 465 g/mol. The van der Waals surface area contributed by atoms with E-state index in [4.69, 9.17) is 16.7 Å². The molecule has 0 saturated carbocycles. The monoisotopic (exact) mass is 464 g/mol. The SMILES string of the molecule is O=C(O)c1ccc(-c2nc(C(=O)c3c(Cl)cccc3C(F)(F)F)n3c2CCCC3)cc1O. The van der Waals surface area contributed by atoms with Crippen molar-refractivity contribution in [2.75, 3.05) is 0 Å². The summed E-state index contributed by atoms with van der Waals surface area (Å²) >= 11 is 6.01. The van der Waals surface area contributed by atoms with Gasteiger partial charge in [-0.2, -0.15) is 13.2 Å². The van der Waals surface area contributed by atoms with Crippen LogP contribution in [0.3, 0.4) is 0 Å². The van der Waals surface area contributed by atoms with Crippen molar-refractivity contribution in [3.8, 4) is 17.0 Å². The van der Waals surface area contributed by atoms with Crippen molar-refractivity contribution in [3.63, 3.8) is 0 Å². The van der Waals surface area contributed by atoms with Gasteiger partial charge < -0.3 is 14.8 Å². The number of hydrogen-bond donors (Lipinski definition) is 2. The number of imidazole rings is 1. The molecule has 2 N–H and O–H groups in total. The predicted octanol–water partition coefficient (Wildman–Crippen LogP) is 5.19. The van der Waals surface area contributed by atoms with Gasteiger partial charge in [0.05, 0.1) is 21.8 Å². The second kappa shape index (κ2) is 7.98. The number of aromatic hydroxyl groups is 1. The maximum Gasteiger partial charge on any atom is 0.417 e. The van der Waals surface area contributed by atoms with Gasteiger partial charge in [0, 0.05) is 17.8 Å². The van der Waals surface area contributed by atoms with E-state index in [1.165, 1.54) is 24.3 Å². The molecule has 10 heteroatoms. The van der Waals surface area contributed by atoms with Crippen molar-refractivity contribution in [2.24, 2.45) is 0 Å². The van der Waals surface area contributed by atoms with Crippen LogP contribution in [-0.4, -0.2) is 31.5 Å². The number of alkyl halides is 3. The van der Waals surface area contributed by atoms with Crippen molar-refractivity contribution >= 4 is 23.4 Å². The largest absolute Gasteiger partial charge is 0.507 e. The highest BCUT2D eigenvalue weighted by Crippen LogP contribution is 2.38. The molecule has 0 fully saturated rings.